The molecule has 2 aromatic rings. The molecule has 0 heterocycles. The van der Waals surface area contributed by atoms with E-state index < -0.39 is 6.02 Å². The maximum atomic E-state index is 9.01. The summed E-state index contributed by atoms with van der Waals surface area (Å²) in [6, 6.07) is 16.2. The van der Waals surface area contributed by atoms with Crippen LogP contribution in [-0.4, -0.2) is 25.0 Å². The highest BCUT2D eigenvalue weighted by Gasteiger charge is 2.28. The summed E-state index contributed by atoms with van der Waals surface area (Å²) < 4.78 is 9.01. The molecule has 0 saturated heterocycles. The molecule has 0 radical (unpaired) electrons. The van der Waals surface area contributed by atoms with Gasteiger partial charge < -0.3 is 4.90 Å². The summed E-state index contributed by atoms with van der Waals surface area (Å²) in [5.74, 6) is 0.0219. The first-order valence-electron chi connectivity index (χ1n) is 7.54. The monoisotopic (exact) mass is 264 g/mol. The van der Waals surface area contributed by atoms with Gasteiger partial charge in [-0.3, -0.25) is 0 Å². The minimum Gasteiger partial charge on any atom is -0.302 e. The van der Waals surface area contributed by atoms with Gasteiger partial charge in [0.15, 0.2) is 0 Å². The van der Waals surface area contributed by atoms with Gasteiger partial charge in [0.1, 0.15) is 0 Å². The molecule has 0 saturated carbocycles. The zero-order chi connectivity index (χ0) is 15.0. The van der Waals surface area contributed by atoms with E-state index in [1.165, 1.54) is 22.3 Å². The van der Waals surface area contributed by atoms with Gasteiger partial charge in [-0.05, 0) is 37.7 Å². The number of nitrogens with zero attached hydrogens (tertiary/aromatic N) is 1. The second-order valence-corrected chi connectivity index (χ2v) is 5.63. The van der Waals surface area contributed by atoms with Crippen LogP contribution < -0.4 is 0 Å². The molecule has 1 aliphatic rings. The Hall–Kier alpha value is -1.86. The Bertz CT molecular complexity index is 689. The average Bonchev–Trinajstić information content (AvgIpc) is 2.47. The van der Waals surface area contributed by atoms with Crippen LogP contribution in [0.3, 0.4) is 0 Å². The topological polar surface area (TPSA) is 3.24 Å². The smallest absolute Gasteiger partial charge is 0.0522 e. The molecule has 1 nitrogen and oxygen atoms in total. The van der Waals surface area contributed by atoms with Crippen LogP contribution in [0.2, 0.25) is 0 Å². The van der Waals surface area contributed by atoms with Gasteiger partial charge in [0, 0.05) is 11.9 Å². The van der Waals surface area contributed by atoms with Crippen LogP contribution >= 0.6 is 0 Å². The predicted molar refractivity (Wildman–Crippen MR) is 86.0 cm³/mol. The van der Waals surface area contributed by atoms with Crippen molar-refractivity contribution in [1.29, 1.82) is 0 Å². The molecule has 1 aliphatic carbocycles. The van der Waals surface area contributed by atoms with Crippen molar-refractivity contribution in [3.05, 3.63) is 76.9 Å². The fraction of sp³-hybridized carbons (Fsp3) is 0.263. The lowest BCUT2D eigenvalue weighted by Gasteiger charge is -2.34. The zero-order valence-electron chi connectivity index (χ0n) is 13.3. The molecule has 0 spiro atoms. The first-order chi connectivity index (χ1) is 10.0. The van der Waals surface area contributed by atoms with Crippen LogP contribution in [0.15, 0.2) is 54.6 Å². The van der Waals surface area contributed by atoms with Crippen LogP contribution in [-0.2, 0) is 0 Å². The number of hydrogen-bond donors (Lipinski definition) is 0. The van der Waals surface area contributed by atoms with Crippen LogP contribution in [0.1, 0.15) is 29.5 Å². The average molecular weight is 264 g/mol. The van der Waals surface area contributed by atoms with E-state index in [4.69, 9.17) is 1.37 Å². The Morgan fingerprint density at radius 1 is 1.05 bits per heavy atom. The van der Waals surface area contributed by atoms with E-state index in [-0.39, 0.29) is 5.92 Å². The van der Waals surface area contributed by atoms with Crippen LogP contribution in [0.25, 0.3) is 6.08 Å². The lowest BCUT2D eigenvalue weighted by Crippen LogP contribution is -2.34. The molecule has 1 heteroatoms. The van der Waals surface area contributed by atoms with E-state index >= 15 is 0 Å². The molecule has 2 unspecified atom stereocenters. The third-order valence-corrected chi connectivity index (χ3v) is 3.93. The van der Waals surface area contributed by atoms with Crippen molar-refractivity contribution in [1.82, 2.24) is 4.90 Å². The van der Waals surface area contributed by atoms with Crippen molar-refractivity contribution < 1.29 is 1.37 Å². The minimum absolute atomic E-state index is 0.0219. The fourth-order valence-corrected chi connectivity index (χ4v) is 2.96. The van der Waals surface area contributed by atoms with Gasteiger partial charge in [0.05, 0.1) is 1.37 Å². The second kappa shape index (κ2) is 5.26. The van der Waals surface area contributed by atoms with Crippen molar-refractivity contribution in [3.8, 4) is 0 Å². The molecule has 20 heavy (non-hydrogen) atoms. The number of hydrogen-bond acceptors (Lipinski definition) is 1. The molecular weight excluding hydrogens is 242 g/mol. The highest BCUT2D eigenvalue weighted by molar-refractivity contribution is 5.61. The number of benzene rings is 2. The normalized spacial score (nSPS) is 25.4. The summed E-state index contributed by atoms with van der Waals surface area (Å²) >= 11 is 0. The van der Waals surface area contributed by atoms with E-state index in [0.29, 0.717) is 0 Å². The number of likely N-dealkylation sites (N-methyl/N-ethyl adjacent to an activating group) is 1. The Labute approximate surface area is 123 Å². The maximum Gasteiger partial charge on any atom is 0.0522 e. The summed E-state index contributed by atoms with van der Waals surface area (Å²) in [6.45, 7) is 2.11. The third-order valence-electron chi connectivity index (χ3n) is 3.93. The van der Waals surface area contributed by atoms with Gasteiger partial charge in [-0.1, -0.05) is 66.2 Å². The molecule has 102 valence electrons. The van der Waals surface area contributed by atoms with E-state index in [2.05, 4.69) is 61.5 Å². The summed E-state index contributed by atoms with van der Waals surface area (Å²) in [7, 11) is 3.96. The predicted octanol–water partition coefficient (Wildman–Crippen LogP) is 4.08. The van der Waals surface area contributed by atoms with Gasteiger partial charge in [0.2, 0.25) is 0 Å². The van der Waals surface area contributed by atoms with E-state index in [9.17, 15) is 0 Å². The standard InChI is InChI=1S/C19H21N/c1-14-7-6-9-16(13-14)19-17-10-5-4-8-15(17)11-12-18(19)20(2)3/h4-13,18-19H,1-3H3/i18D. The zero-order valence-corrected chi connectivity index (χ0v) is 12.3. The number of fused-ring (bicyclic) bond motifs is 1. The Kier molecular flexibility index (Phi) is 3.14. The highest BCUT2D eigenvalue weighted by Crippen LogP contribution is 2.37. The minimum atomic E-state index is -0.762. The summed E-state index contributed by atoms with van der Waals surface area (Å²) in [4.78, 5) is 1.99. The quantitative estimate of drug-likeness (QED) is 0.790. The molecular formula is C19H21N. The molecule has 0 aliphatic heterocycles. The third kappa shape index (κ3) is 2.30. The van der Waals surface area contributed by atoms with E-state index in [0.717, 1.165) is 0 Å². The highest BCUT2D eigenvalue weighted by atomic mass is 15.1. The Morgan fingerprint density at radius 2 is 1.85 bits per heavy atom. The second-order valence-electron chi connectivity index (χ2n) is 5.63. The SMILES string of the molecule is [2H]C1(N(C)C)C=Cc2ccccc2C1c1cccc(C)c1. The van der Waals surface area contributed by atoms with Gasteiger partial charge in [-0.25, -0.2) is 0 Å². The largest absolute Gasteiger partial charge is 0.302 e. The Morgan fingerprint density at radius 3 is 2.60 bits per heavy atom. The first-order valence-corrected chi connectivity index (χ1v) is 7.04. The van der Waals surface area contributed by atoms with Gasteiger partial charge >= 0.3 is 0 Å². The lowest BCUT2D eigenvalue weighted by atomic mass is 9.78. The van der Waals surface area contributed by atoms with Crippen molar-refractivity contribution in [2.24, 2.45) is 0 Å². The molecule has 3 rings (SSSR count). The molecule has 0 bridgehead atoms. The molecule has 2 aromatic carbocycles. The Balaban J connectivity index is 2.23. The molecule has 0 fully saturated rings. The molecule has 0 aromatic heterocycles. The van der Waals surface area contributed by atoms with E-state index in [1.807, 2.05) is 25.1 Å². The van der Waals surface area contributed by atoms with Crippen molar-refractivity contribution in [3.63, 3.8) is 0 Å². The van der Waals surface area contributed by atoms with Crippen molar-refractivity contribution >= 4 is 6.08 Å². The molecule has 2 atom stereocenters. The molecule has 0 amide bonds. The summed E-state index contributed by atoms with van der Waals surface area (Å²) in [5.41, 5.74) is 4.89. The number of rotatable bonds is 2. The van der Waals surface area contributed by atoms with Gasteiger partial charge in [-0.2, -0.15) is 0 Å². The summed E-state index contributed by atoms with van der Waals surface area (Å²) in [5, 5.41) is 0. The van der Waals surface area contributed by atoms with Gasteiger partial charge in [-0.15, -0.1) is 0 Å². The van der Waals surface area contributed by atoms with Crippen LogP contribution in [0, 0.1) is 6.92 Å². The van der Waals surface area contributed by atoms with Crippen LogP contribution in [0.5, 0.6) is 0 Å². The fourth-order valence-electron chi connectivity index (χ4n) is 2.96. The summed E-state index contributed by atoms with van der Waals surface area (Å²) in [6.07, 6.45) is 4.09. The van der Waals surface area contributed by atoms with Crippen molar-refractivity contribution in [2.75, 3.05) is 14.1 Å². The first kappa shape index (κ1) is 11.9. The maximum absolute atomic E-state index is 9.01. The van der Waals surface area contributed by atoms with Crippen molar-refractivity contribution in [2.45, 2.75) is 18.9 Å². The number of aryl methyl sites for hydroxylation is 1. The van der Waals surface area contributed by atoms with E-state index in [1.54, 1.807) is 0 Å². The molecule has 0 N–H and O–H groups in total. The van der Waals surface area contributed by atoms with Crippen LogP contribution in [0.4, 0.5) is 0 Å². The van der Waals surface area contributed by atoms with Gasteiger partial charge in [0.25, 0.3) is 0 Å². The lowest BCUT2D eigenvalue weighted by molar-refractivity contribution is 0.317.